The number of benzene rings is 2. The van der Waals surface area contributed by atoms with Gasteiger partial charge < -0.3 is 5.32 Å². The minimum atomic E-state index is -0.190. The summed E-state index contributed by atoms with van der Waals surface area (Å²) in [4.78, 5) is 12.3. The van der Waals surface area contributed by atoms with E-state index in [4.69, 9.17) is 5.26 Å². The highest BCUT2D eigenvalue weighted by atomic mass is 32.1. The van der Waals surface area contributed by atoms with Crippen LogP contribution in [0.3, 0.4) is 0 Å². The zero-order chi connectivity index (χ0) is 13.9. The highest BCUT2D eigenvalue weighted by Gasteiger charge is 2.13. The molecule has 0 spiro atoms. The Hall–Kier alpha value is -2.64. The van der Waals surface area contributed by atoms with Crippen LogP contribution in [0.5, 0.6) is 0 Å². The number of hydrogen-bond donors (Lipinski definition) is 1. The van der Waals surface area contributed by atoms with Gasteiger partial charge in [0.1, 0.15) is 6.07 Å². The number of carbonyl (C=O) groups excluding carboxylic acids is 1. The van der Waals surface area contributed by atoms with E-state index in [-0.39, 0.29) is 5.91 Å². The third-order valence-electron chi connectivity index (χ3n) is 3.02. The number of anilines is 1. The van der Waals surface area contributed by atoms with Gasteiger partial charge in [-0.05, 0) is 18.2 Å². The predicted molar refractivity (Wildman–Crippen MR) is 80.9 cm³/mol. The molecule has 0 saturated carbocycles. The molecule has 3 rings (SSSR count). The molecule has 3 nitrogen and oxygen atoms in total. The Morgan fingerprint density at radius 2 is 1.85 bits per heavy atom. The maximum atomic E-state index is 12.3. The molecule has 0 unspecified atom stereocenters. The lowest BCUT2D eigenvalue weighted by Gasteiger charge is -2.06. The Bertz CT molecular complexity index is 830. The average Bonchev–Trinajstić information content (AvgIpc) is 2.92. The van der Waals surface area contributed by atoms with Crippen molar-refractivity contribution in [3.8, 4) is 6.07 Å². The van der Waals surface area contributed by atoms with Crippen LogP contribution < -0.4 is 5.32 Å². The second-order valence-electron chi connectivity index (χ2n) is 4.26. The summed E-state index contributed by atoms with van der Waals surface area (Å²) >= 11 is 1.54. The maximum Gasteiger partial charge on any atom is 0.257 e. The van der Waals surface area contributed by atoms with Gasteiger partial charge in [0.05, 0.1) is 16.8 Å². The van der Waals surface area contributed by atoms with Crippen molar-refractivity contribution in [1.82, 2.24) is 0 Å². The zero-order valence-electron chi connectivity index (χ0n) is 10.5. The molecule has 0 aliphatic rings. The predicted octanol–water partition coefficient (Wildman–Crippen LogP) is 4.03. The molecule has 0 bridgehead atoms. The molecule has 1 heterocycles. The number of hydrogen-bond acceptors (Lipinski definition) is 3. The largest absolute Gasteiger partial charge is 0.321 e. The van der Waals surface area contributed by atoms with E-state index in [9.17, 15) is 4.79 Å². The quantitative estimate of drug-likeness (QED) is 0.769. The van der Waals surface area contributed by atoms with Crippen LogP contribution in [0.1, 0.15) is 15.9 Å². The van der Waals surface area contributed by atoms with E-state index in [2.05, 4.69) is 11.4 Å². The van der Waals surface area contributed by atoms with Gasteiger partial charge in [-0.15, -0.1) is 11.3 Å². The van der Waals surface area contributed by atoms with Crippen molar-refractivity contribution >= 4 is 33.0 Å². The van der Waals surface area contributed by atoms with Crippen LogP contribution in [0.15, 0.2) is 53.9 Å². The fourth-order valence-corrected chi connectivity index (χ4v) is 2.97. The van der Waals surface area contributed by atoms with Crippen molar-refractivity contribution in [3.63, 3.8) is 0 Å². The van der Waals surface area contributed by atoms with Crippen LogP contribution in [0.4, 0.5) is 5.69 Å². The van der Waals surface area contributed by atoms with Crippen molar-refractivity contribution < 1.29 is 4.79 Å². The molecule has 2 aromatic carbocycles. The van der Waals surface area contributed by atoms with Gasteiger partial charge in [0, 0.05) is 15.5 Å². The van der Waals surface area contributed by atoms with E-state index in [0.717, 1.165) is 10.1 Å². The van der Waals surface area contributed by atoms with Gasteiger partial charge in [-0.3, -0.25) is 4.79 Å². The molecule has 0 fully saturated rings. The third-order valence-corrected chi connectivity index (χ3v) is 3.98. The molecular formula is C16H10N2OS. The first kappa shape index (κ1) is 12.4. The SMILES string of the molecule is N#Cc1ccccc1NC(=O)c1csc2ccccc12. The number of carbonyl (C=O) groups is 1. The second-order valence-corrected chi connectivity index (χ2v) is 5.17. The molecule has 0 atom stereocenters. The van der Waals surface area contributed by atoms with Crippen molar-refractivity contribution in [2.45, 2.75) is 0 Å². The van der Waals surface area contributed by atoms with Gasteiger partial charge >= 0.3 is 0 Å². The topological polar surface area (TPSA) is 52.9 Å². The van der Waals surface area contributed by atoms with Crippen LogP contribution in [0.25, 0.3) is 10.1 Å². The van der Waals surface area contributed by atoms with Crippen LogP contribution >= 0.6 is 11.3 Å². The Morgan fingerprint density at radius 3 is 2.70 bits per heavy atom. The Labute approximate surface area is 120 Å². The van der Waals surface area contributed by atoms with Gasteiger partial charge in [0.25, 0.3) is 5.91 Å². The summed E-state index contributed by atoms with van der Waals surface area (Å²) in [5.74, 6) is -0.190. The fraction of sp³-hybridized carbons (Fsp3) is 0. The number of nitrogens with one attached hydrogen (secondary N) is 1. The van der Waals surface area contributed by atoms with Crippen LogP contribution in [0, 0.1) is 11.3 Å². The first-order chi connectivity index (χ1) is 9.79. The van der Waals surface area contributed by atoms with E-state index < -0.39 is 0 Å². The maximum absolute atomic E-state index is 12.3. The highest BCUT2D eigenvalue weighted by molar-refractivity contribution is 7.17. The Morgan fingerprint density at radius 1 is 1.10 bits per heavy atom. The third kappa shape index (κ3) is 2.15. The van der Waals surface area contributed by atoms with Gasteiger partial charge in [0.15, 0.2) is 0 Å². The van der Waals surface area contributed by atoms with Gasteiger partial charge in [0.2, 0.25) is 0 Å². The van der Waals surface area contributed by atoms with Gasteiger partial charge in [-0.25, -0.2) is 0 Å². The monoisotopic (exact) mass is 278 g/mol. The number of thiophene rings is 1. The van der Waals surface area contributed by atoms with E-state index in [1.807, 2.05) is 29.6 Å². The first-order valence-corrected chi connectivity index (χ1v) is 6.94. The molecular weight excluding hydrogens is 268 g/mol. The smallest absolute Gasteiger partial charge is 0.257 e. The number of nitriles is 1. The number of fused-ring (bicyclic) bond motifs is 1. The number of para-hydroxylation sites is 1. The molecule has 0 radical (unpaired) electrons. The van der Waals surface area contributed by atoms with Crippen LogP contribution in [-0.2, 0) is 0 Å². The summed E-state index contributed by atoms with van der Waals surface area (Å²) in [5.41, 5.74) is 1.63. The summed E-state index contributed by atoms with van der Waals surface area (Å²) in [6.07, 6.45) is 0. The molecule has 3 aromatic rings. The first-order valence-electron chi connectivity index (χ1n) is 6.06. The van der Waals surface area contributed by atoms with Crippen molar-refractivity contribution in [3.05, 3.63) is 65.0 Å². The normalized spacial score (nSPS) is 10.2. The second kappa shape index (κ2) is 5.16. The molecule has 0 aliphatic carbocycles. The fourth-order valence-electron chi connectivity index (χ4n) is 2.03. The van der Waals surface area contributed by atoms with E-state index in [1.54, 1.807) is 24.3 Å². The standard InChI is InChI=1S/C16H10N2OS/c17-9-11-5-1-3-7-14(11)18-16(19)13-10-20-15-8-4-2-6-12(13)15/h1-8,10H,(H,18,19). The minimum absolute atomic E-state index is 0.190. The Kier molecular flexibility index (Phi) is 3.20. The molecule has 0 aliphatic heterocycles. The van der Waals surface area contributed by atoms with Crippen molar-refractivity contribution in [2.24, 2.45) is 0 Å². The molecule has 1 aromatic heterocycles. The lowest BCUT2D eigenvalue weighted by Crippen LogP contribution is -2.12. The molecule has 4 heteroatoms. The van der Waals surface area contributed by atoms with Gasteiger partial charge in [-0.2, -0.15) is 5.26 Å². The number of amides is 1. The van der Waals surface area contributed by atoms with Crippen molar-refractivity contribution in [2.75, 3.05) is 5.32 Å². The zero-order valence-corrected chi connectivity index (χ0v) is 11.3. The summed E-state index contributed by atoms with van der Waals surface area (Å²) in [7, 11) is 0. The van der Waals surface area contributed by atoms with Crippen molar-refractivity contribution in [1.29, 1.82) is 5.26 Å². The summed E-state index contributed by atoms with van der Waals surface area (Å²) in [5, 5.41) is 14.6. The van der Waals surface area contributed by atoms with Gasteiger partial charge in [-0.1, -0.05) is 30.3 Å². The average molecular weight is 278 g/mol. The summed E-state index contributed by atoms with van der Waals surface area (Å²) < 4.78 is 1.08. The summed E-state index contributed by atoms with van der Waals surface area (Å²) in [6, 6.07) is 16.8. The van der Waals surface area contributed by atoms with Crippen LogP contribution in [0.2, 0.25) is 0 Å². The molecule has 96 valence electrons. The minimum Gasteiger partial charge on any atom is -0.321 e. The number of nitrogens with zero attached hydrogens (tertiary/aromatic N) is 1. The van der Waals surface area contributed by atoms with E-state index >= 15 is 0 Å². The molecule has 0 saturated heterocycles. The lowest BCUT2D eigenvalue weighted by atomic mass is 10.1. The van der Waals surface area contributed by atoms with E-state index in [0.29, 0.717) is 16.8 Å². The summed E-state index contributed by atoms with van der Waals surface area (Å²) in [6.45, 7) is 0. The Balaban J connectivity index is 1.96. The van der Waals surface area contributed by atoms with E-state index in [1.165, 1.54) is 11.3 Å². The molecule has 20 heavy (non-hydrogen) atoms. The van der Waals surface area contributed by atoms with Crippen LogP contribution in [-0.4, -0.2) is 5.91 Å². The number of rotatable bonds is 2. The highest BCUT2D eigenvalue weighted by Crippen LogP contribution is 2.26. The molecule has 1 N–H and O–H groups in total. The lowest BCUT2D eigenvalue weighted by molar-refractivity contribution is 0.102. The molecule has 1 amide bonds.